The Balaban J connectivity index is 1.45. The van der Waals surface area contributed by atoms with E-state index in [1.165, 1.54) is 88.2 Å². The molecule has 0 heterocycles. The van der Waals surface area contributed by atoms with Crippen molar-refractivity contribution in [1.29, 1.82) is 0 Å². The van der Waals surface area contributed by atoms with Crippen molar-refractivity contribution >= 4 is 5.97 Å². The molecular weight excluding hydrogens is 470 g/mol. The van der Waals surface area contributed by atoms with Crippen molar-refractivity contribution in [2.75, 3.05) is 33.9 Å². The van der Waals surface area contributed by atoms with Gasteiger partial charge in [-0.25, -0.2) is 4.79 Å². The summed E-state index contributed by atoms with van der Waals surface area (Å²) in [6, 6.07) is 18.7. The Morgan fingerprint density at radius 3 is 1.84 bits per heavy atom. The van der Waals surface area contributed by atoms with Gasteiger partial charge in [-0.05, 0) is 30.5 Å². The summed E-state index contributed by atoms with van der Waals surface area (Å²) in [6.07, 6.45) is 18.5. The number of hydrogen-bond acceptors (Lipinski definition) is 3. The standard InChI is InChI=1S/C34H54NO3/c1-4-5-6-7-8-9-10-11-12-13-14-16-20-31-23-25-33(26-24-31)37-27-19-28-38-34(36)30-35(2,3)29-32-21-17-15-18-22-32/h15,17-18,21-26H,4-14,16,19-20,27-30H2,1-3H3/q+1. The maximum Gasteiger partial charge on any atom is 0.361 e. The summed E-state index contributed by atoms with van der Waals surface area (Å²) in [5, 5.41) is 0. The van der Waals surface area contributed by atoms with E-state index in [0.29, 0.717) is 30.7 Å². The summed E-state index contributed by atoms with van der Waals surface area (Å²) in [7, 11) is 4.11. The Morgan fingerprint density at radius 1 is 0.658 bits per heavy atom. The number of unbranched alkanes of at least 4 members (excludes halogenated alkanes) is 11. The molecule has 0 fully saturated rings. The lowest BCUT2D eigenvalue weighted by Gasteiger charge is -2.28. The summed E-state index contributed by atoms with van der Waals surface area (Å²) >= 11 is 0. The molecule has 0 aromatic heterocycles. The van der Waals surface area contributed by atoms with Crippen LogP contribution in [0.25, 0.3) is 0 Å². The molecule has 0 aliphatic rings. The quantitative estimate of drug-likeness (QED) is 0.0879. The van der Waals surface area contributed by atoms with Crippen molar-refractivity contribution in [2.24, 2.45) is 0 Å². The first-order valence-corrected chi connectivity index (χ1v) is 15.2. The molecule has 0 unspecified atom stereocenters. The van der Waals surface area contributed by atoms with E-state index in [1.807, 2.05) is 18.2 Å². The van der Waals surface area contributed by atoms with Crippen LogP contribution in [0.15, 0.2) is 54.6 Å². The summed E-state index contributed by atoms with van der Waals surface area (Å²) in [5.74, 6) is 0.725. The van der Waals surface area contributed by atoms with Crippen molar-refractivity contribution in [3.8, 4) is 5.75 Å². The number of aryl methyl sites for hydroxylation is 1. The number of carbonyl (C=O) groups is 1. The van der Waals surface area contributed by atoms with Gasteiger partial charge in [0, 0.05) is 12.0 Å². The average molecular weight is 525 g/mol. The Kier molecular flexibility index (Phi) is 16.5. The van der Waals surface area contributed by atoms with Gasteiger partial charge in [-0.1, -0.05) is 120 Å². The number of quaternary nitrogens is 1. The van der Waals surface area contributed by atoms with Crippen molar-refractivity contribution in [1.82, 2.24) is 0 Å². The first-order valence-electron chi connectivity index (χ1n) is 15.2. The van der Waals surface area contributed by atoms with Crippen molar-refractivity contribution in [3.63, 3.8) is 0 Å². The Morgan fingerprint density at radius 2 is 1.24 bits per heavy atom. The first kappa shape index (κ1) is 31.9. The van der Waals surface area contributed by atoms with Gasteiger partial charge in [-0.2, -0.15) is 0 Å². The molecule has 0 amide bonds. The first-order chi connectivity index (χ1) is 18.5. The zero-order valence-corrected chi connectivity index (χ0v) is 24.6. The fraction of sp³-hybridized carbons (Fsp3) is 0.618. The SMILES string of the molecule is CCCCCCCCCCCCCCc1ccc(OCCCOC(=O)C[N+](C)(C)Cc2ccccc2)cc1. The van der Waals surface area contributed by atoms with Crippen LogP contribution in [0.5, 0.6) is 5.75 Å². The maximum atomic E-state index is 12.3. The van der Waals surface area contributed by atoms with E-state index in [0.717, 1.165) is 18.7 Å². The minimum absolute atomic E-state index is 0.159. The minimum Gasteiger partial charge on any atom is -0.493 e. The van der Waals surface area contributed by atoms with Crippen LogP contribution < -0.4 is 4.74 Å². The predicted molar refractivity (Wildman–Crippen MR) is 159 cm³/mol. The van der Waals surface area contributed by atoms with Gasteiger partial charge in [-0.3, -0.25) is 0 Å². The van der Waals surface area contributed by atoms with Crippen LogP contribution in [0, 0.1) is 0 Å². The fourth-order valence-corrected chi connectivity index (χ4v) is 4.89. The molecule has 0 aliphatic carbocycles. The van der Waals surface area contributed by atoms with Crippen LogP contribution in [0.2, 0.25) is 0 Å². The van der Waals surface area contributed by atoms with Crippen LogP contribution in [0.1, 0.15) is 102 Å². The molecule has 0 N–H and O–H groups in total. The number of rotatable bonds is 22. The molecule has 0 atom stereocenters. The zero-order valence-electron chi connectivity index (χ0n) is 24.6. The lowest BCUT2D eigenvalue weighted by Crippen LogP contribution is -2.43. The van der Waals surface area contributed by atoms with E-state index in [9.17, 15) is 4.79 Å². The predicted octanol–water partition coefficient (Wildman–Crippen LogP) is 8.52. The fourth-order valence-electron chi connectivity index (χ4n) is 4.89. The van der Waals surface area contributed by atoms with Gasteiger partial charge in [0.25, 0.3) is 0 Å². The number of likely N-dealkylation sites (N-methyl/N-ethyl adjacent to an activating group) is 1. The Hall–Kier alpha value is -2.33. The highest BCUT2D eigenvalue weighted by molar-refractivity contribution is 5.70. The van der Waals surface area contributed by atoms with Gasteiger partial charge in [0.15, 0.2) is 6.54 Å². The number of carbonyl (C=O) groups excluding carboxylic acids is 1. The molecule has 0 radical (unpaired) electrons. The largest absolute Gasteiger partial charge is 0.493 e. The van der Waals surface area contributed by atoms with Crippen LogP contribution in [-0.2, 0) is 22.5 Å². The monoisotopic (exact) mass is 524 g/mol. The highest BCUT2D eigenvalue weighted by Gasteiger charge is 2.21. The lowest BCUT2D eigenvalue weighted by atomic mass is 10.0. The molecule has 4 nitrogen and oxygen atoms in total. The smallest absolute Gasteiger partial charge is 0.361 e. The van der Waals surface area contributed by atoms with Gasteiger partial charge in [0.2, 0.25) is 0 Å². The maximum absolute atomic E-state index is 12.3. The normalized spacial score (nSPS) is 11.4. The van der Waals surface area contributed by atoms with Crippen molar-refractivity contribution < 1.29 is 18.8 Å². The summed E-state index contributed by atoms with van der Waals surface area (Å²) in [4.78, 5) is 12.3. The van der Waals surface area contributed by atoms with Crippen molar-refractivity contribution in [2.45, 2.75) is 103 Å². The Labute approximate surface area is 233 Å². The van der Waals surface area contributed by atoms with Crippen LogP contribution >= 0.6 is 0 Å². The van der Waals surface area contributed by atoms with E-state index >= 15 is 0 Å². The third-order valence-corrected chi connectivity index (χ3v) is 7.07. The molecule has 0 aliphatic heterocycles. The molecule has 0 saturated carbocycles. The molecule has 2 aromatic carbocycles. The topological polar surface area (TPSA) is 35.5 Å². The Bertz CT molecular complexity index is 848. The average Bonchev–Trinajstić information content (AvgIpc) is 2.90. The van der Waals surface area contributed by atoms with Crippen LogP contribution in [0.3, 0.4) is 0 Å². The zero-order chi connectivity index (χ0) is 27.3. The summed E-state index contributed by atoms with van der Waals surface area (Å²) in [5.41, 5.74) is 2.61. The highest BCUT2D eigenvalue weighted by atomic mass is 16.5. The van der Waals surface area contributed by atoms with E-state index in [2.05, 4.69) is 57.4 Å². The van der Waals surface area contributed by atoms with Gasteiger partial charge in [0.05, 0.1) is 27.3 Å². The van der Waals surface area contributed by atoms with E-state index in [-0.39, 0.29) is 5.97 Å². The summed E-state index contributed by atoms with van der Waals surface area (Å²) < 4.78 is 11.9. The minimum atomic E-state index is -0.159. The number of hydrogen-bond donors (Lipinski definition) is 0. The second-order valence-electron chi connectivity index (χ2n) is 11.4. The second kappa shape index (κ2) is 19.7. The molecule has 2 rings (SSSR count). The number of benzene rings is 2. The van der Waals surface area contributed by atoms with E-state index < -0.39 is 0 Å². The second-order valence-corrected chi connectivity index (χ2v) is 11.4. The molecule has 38 heavy (non-hydrogen) atoms. The van der Waals surface area contributed by atoms with Crippen LogP contribution in [-0.4, -0.2) is 44.3 Å². The third-order valence-electron chi connectivity index (χ3n) is 7.07. The van der Waals surface area contributed by atoms with Crippen LogP contribution in [0.4, 0.5) is 0 Å². The summed E-state index contributed by atoms with van der Waals surface area (Å²) in [6.45, 7) is 4.38. The number of esters is 1. The van der Waals surface area contributed by atoms with Gasteiger partial charge < -0.3 is 14.0 Å². The molecule has 0 bridgehead atoms. The van der Waals surface area contributed by atoms with Gasteiger partial charge in [-0.15, -0.1) is 0 Å². The lowest BCUT2D eigenvalue weighted by molar-refractivity contribution is -0.896. The molecule has 212 valence electrons. The van der Waals surface area contributed by atoms with Gasteiger partial charge >= 0.3 is 5.97 Å². The van der Waals surface area contributed by atoms with Gasteiger partial charge in [0.1, 0.15) is 12.3 Å². The third kappa shape index (κ3) is 15.8. The number of nitrogens with zero attached hydrogens (tertiary/aromatic N) is 1. The highest BCUT2D eigenvalue weighted by Crippen LogP contribution is 2.16. The molecule has 0 spiro atoms. The molecular formula is C34H54NO3+. The molecule has 2 aromatic rings. The van der Waals surface area contributed by atoms with E-state index in [1.54, 1.807) is 0 Å². The van der Waals surface area contributed by atoms with E-state index in [4.69, 9.17) is 9.47 Å². The van der Waals surface area contributed by atoms with Crippen molar-refractivity contribution in [3.05, 3.63) is 65.7 Å². The molecule has 4 heteroatoms. The molecule has 0 saturated heterocycles. The number of ether oxygens (including phenoxy) is 2.